The molecule has 0 bridgehead atoms. The number of rotatable bonds is 5. The predicted octanol–water partition coefficient (Wildman–Crippen LogP) is 1.65. The summed E-state index contributed by atoms with van der Waals surface area (Å²) in [6, 6.07) is 7.00. The predicted molar refractivity (Wildman–Crippen MR) is 101 cm³/mol. The van der Waals surface area contributed by atoms with E-state index in [1.54, 1.807) is 36.1 Å². The molecule has 2 fully saturated rings. The average Bonchev–Trinajstić information content (AvgIpc) is 3.23. The molecule has 2 N–H and O–H groups in total. The number of benzene rings is 1. The number of hydrogen-bond acceptors (Lipinski definition) is 5. The molecule has 7 nitrogen and oxygen atoms in total. The van der Waals surface area contributed by atoms with E-state index in [0.29, 0.717) is 50.3 Å². The Morgan fingerprint density at radius 1 is 1.11 bits per heavy atom. The van der Waals surface area contributed by atoms with Gasteiger partial charge in [-0.3, -0.25) is 14.4 Å². The molecule has 3 rings (SSSR count). The molecule has 1 aromatic carbocycles. The summed E-state index contributed by atoms with van der Waals surface area (Å²) in [4.78, 5) is 38.4. The van der Waals surface area contributed by atoms with Gasteiger partial charge in [-0.05, 0) is 57.0 Å². The van der Waals surface area contributed by atoms with Crippen molar-refractivity contribution in [3.8, 4) is 0 Å². The average molecular weight is 373 g/mol. The highest BCUT2D eigenvalue weighted by atomic mass is 16.5. The Morgan fingerprint density at radius 3 is 2.41 bits per heavy atom. The van der Waals surface area contributed by atoms with Crippen LogP contribution in [0.4, 0.5) is 5.69 Å². The van der Waals surface area contributed by atoms with Crippen LogP contribution in [0.2, 0.25) is 0 Å². The van der Waals surface area contributed by atoms with Crippen LogP contribution in [0.25, 0.3) is 0 Å². The number of amides is 2. The summed E-state index contributed by atoms with van der Waals surface area (Å²) in [5.74, 6) is -0.305. The fraction of sp³-hybridized carbons (Fsp3) is 0.550. The zero-order valence-corrected chi connectivity index (χ0v) is 15.7. The Kier molecular flexibility index (Phi) is 6.45. The molecule has 2 heterocycles. The lowest BCUT2D eigenvalue weighted by Gasteiger charge is -2.31. The van der Waals surface area contributed by atoms with Crippen molar-refractivity contribution in [1.82, 2.24) is 10.2 Å². The van der Waals surface area contributed by atoms with Crippen molar-refractivity contribution >= 4 is 23.5 Å². The molecule has 0 spiro atoms. The lowest BCUT2D eigenvalue weighted by atomic mass is 9.96. The number of piperidine rings is 1. The summed E-state index contributed by atoms with van der Waals surface area (Å²) in [7, 11) is 0. The summed E-state index contributed by atoms with van der Waals surface area (Å²) in [6.45, 7) is 4.87. The third-order valence-corrected chi connectivity index (χ3v) is 5.23. The van der Waals surface area contributed by atoms with Crippen molar-refractivity contribution in [2.45, 2.75) is 26.2 Å². The van der Waals surface area contributed by atoms with E-state index >= 15 is 0 Å². The number of carbonyl (C=O) groups excluding carboxylic acids is 3. The molecule has 2 saturated heterocycles. The van der Waals surface area contributed by atoms with Crippen LogP contribution in [-0.4, -0.2) is 55.5 Å². The highest BCUT2D eigenvalue weighted by molar-refractivity contribution is 5.96. The molecule has 0 radical (unpaired) electrons. The molecule has 146 valence electrons. The van der Waals surface area contributed by atoms with E-state index in [9.17, 15) is 14.4 Å². The molecule has 1 atom stereocenters. The smallest absolute Gasteiger partial charge is 0.309 e. The van der Waals surface area contributed by atoms with E-state index in [1.807, 2.05) is 0 Å². The lowest BCUT2D eigenvalue weighted by Crippen LogP contribution is -2.40. The van der Waals surface area contributed by atoms with Gasteiger partial charge in [0.05, 0.1) is 18.4 Å². The Balaban J connectivity index is 1.52. The van der Waals surface area contributed by atoms with Crippen LogP contribution in [0.1, 0.15) is 36.5 Å². The van der Waals surface area contributed by atoms with Gasteiger partial charge < -0.3 is 20.3 Å². The monoisotopic (exact) mass is 373 g/mol. The molecule has 0 saturated carbocycles. The van der Waals surface area contributed by atoms with E-state index < -0.39 is 0 Å². The molecule has 0 aliphatic carbocycles. The second kappa shape index (κ2) is 8.99. The lowest BCUT2D eigenvalue weighted by molar-refractivity contribution is -0.149. The third-order valence-electron chi connectivity index (χ3n) is 5.23. The van der Waals surface area contributed by atoms with Crippen molar-refractivity contribution in [2.24, 2.45) is 11.8 Å². The van der Waals surface area contributed by atoms with Crippen molar-refractivity contribution in [2.75, 3.05) is 38.1 Å². The standard InChI is InChI=1S/C20H27N3O4/c1-2-27-20(26)15-8-11-23(12-9-15)19(25)14-3-5-17(6-4-14)22-18(24)16-7-10-21-13-16/h3-6,15-16,21H,2,7-13H2,1H3,(H,22,24). The zero-order valence-electron chi connectivity index (χ0n) is 15.7. The van der Waals surface area contributed by atoms with Crippen LogP contribution >= 0.6 is 0 Å². The zero-order chi connectivity index (χ0) is 19.2. The summed E-state index contributed by atoms with van der Waals surface area (Å²) in [5.41, 5.74) is 1.29. The quantitative estimate of drug-likeness (QED) is 0.767. The van der Waals surface area contributed by atoms with E-state index in [1.165, 1.54) is 0 Å². The van der Waals surface area contributed by atoms with Gasteiger partial charge in [0.1, 0.15) is 0 Å². The normalized spacial score (nSPS) is 20.3. The molecular weight excluding hydrogens is 346 g/mol. The molecule has 1 aromatic rings. The maximum Gasteiger partial charge on any atom is 0.309 e. The fourth-order valence-electron chi connectivity index (χ4n) is 3.58. The van der Waals surface area contributed by atoms with Gasteiger partial charge in [0, 0.05) is 30.9 Å². The van der Waals surface area contributed by atoms with Crippen LogP contribution in [0.5, 0.6) is 0 Å². The number of anilines is 1. The number of nitrogens with one attached hydrogen (secondary N) is 2. The van der Waals surface area contributed by atoms with Gasteiger partial charge in [-0.25, -0.2) is 0 Å². The third kappa shape index (κ3) is 4.86. The van der Waals surface area contributed by atoms with Gasteiger partial charge in [0.25, 0.3) is 5.91 Å². The molecule has 1 unspecified atom stereocenters. The summed E-state index contributed by atoms with van der Waals surface area (Å²) >= 11 is 0. The molecule has 2 aliphatic rings. The second-order valence-electron chi connectivity index (χ2n) is 7.07. The SMILES string of the molecule is CCOC(=O)C1CCN(C(=O)c2ccc(NC(=O)C3CCNC3)cc2)CC1. The van der Waals surface area contributed by atoms with Crippen molar-refractivity contribution in [1.29, 1.82) is 0 Å². The van der Waals surface area contributed by atoms with Crippen LogP contribution in [0.15, 0.2) is 24.3 Å². The molecule has 27 heavy (non-hydrogen) atoms. The van der Waals surface area contributed by atoms with Gasteiger partial charge in [-0.1, -0.05) is 0 Å². The summed E-state index contributed by atoms with van der Waals surface area (Å²) < 4.78 is 5.06. The number of esters is 1. The minimum Gasteiger partial charge on any atom is -0.466 e. The maximum atomic E-state index is 12.7. The van der Waals surface area contributed by atoms with E-state index in [2.05, 4.69) is 10.6 Å². The first kappa shape index (κ1) is 19.4. The van der Waals surface area contributed by atoms with Crippen LogP contribution in [-0.2, 0) is 14.3 Å². The van der Waals surface area contributed by atoms with Gasteiger partial charge >= 0.3 is 5.97 Å². The second-order valence-corrected chi connectivity index (χ2v) is 7.07. The first-order valence-corrected chi connectivity index (χ1v) is 9.66. The molecule has 0 aromatic heterocycles. The van der Waals surface area contributed by atoms with Gasteiger partial charge in [0.2, 0.25) is 5.91 Å². The summed E-state index contributed by atoms with van der Waals surface area (Å²) in [5, 5.41) is 6.08. The van der Waals surface area contributed by atoms with E-state index in [-0.39, 0.29) is 29.6 Å². The van der Waals surface area contributed by atoms with Gasteiger partial charge in [0.15, 0.2) is 0 Å². The molecule has 2 amide bonds. The Hall–Kier alpha value is -2.41. The summed E-state index contributed by atoms with van der Waals surface area (Å²) in [6.07, 6.45) is 2.12. The van der Waals surface area contributed by atoms with Crippen molar-refractivity contribution < 1.29 is 19.1 Å². The molecule has 2 aliphatic heterocycles. The maximum absolute atomic E-state index is 12.7. The minimum atomic E-state index is -0.165. The molecular formula is C20H27N3O4. The Labute approximate surface area is 159 Å². The highest BCUT2D eigenvalue weighted by Gasteiger charge is 2.28. The highest BCUT2D eigenvalue weighted by Crippen LogP contribution is 2.21. The van der Waals surface area contributed by atoms with E-state index in [0.717, 1.165) is 13.0 Å². The van der Waals surface area contributed by atoms with Crippen LogP contribution < -0.4 is 10.6 Å². The van der Waals surface area contributed by atoms with Crippen LogP contribution in [0.3, 0.4) is 0 Å². The number of carbonyl (C=O) groups is 3. The van der Waals surface area contributed by atoms with Crippen molar-refractivity contribution in [3.05, 3.63) is 29.8 Å². The molecule has 7 heteroatoms. The van der Waals surface area contributed by atoms with E-state index in [4.69, 9.17) is 4.74 Å². The Morgan fingerprint density at radius 2 is 1.81 bits per heavy atom. The van der Waals surface area contributed by atoms with Gasteiger partial charge in [-0.2, -0.15) is 0 Å². The number of nitrogens with zero attached hydrogens (tertiary/aromatic N) is 1. The first-order valence-electron chi connectivity index (χ1n) is 9.66. The van der Waals surface area contributed by atoms with Crippen molar-refractivity contribution in [3.63, 3.8) is 0 Å². The van der Waals surface area contributed by atoms with Gasteiger partial charge in [-0.15, -0.1) is 0 Å². The largest absolute Gasteiger partial charge is 0.466 e. The Bertz CT molecular complexity index is 675. The van der Waals surface area contributed by atoms with Crippen LogP contribution in [0, 0.1) is 11.8 Å². The first-order chi connectivity index (χ1) is 13.1. The fourth-order valence-corrected chi connectivity index (χ4v) is 3.58. The number of hydrogen-bond donors (Lipinski definition) is 2. The number of ether oxygens (including phenoxy) is 1. The topological polar surface area (TPSA) is 87.7 Å². The number of likely N-dealkylation sites (tertiary alicyclic amines) is 1. The minimum absolute atomic E-state index is 0.00648.